The van der Waals surface area contributed by atoms with E-state index in [-0.39, 0.29) is 36.9 Å². The van der Waals surface area contributed by atoms with E-state index in [0.29, 0.717) is 12.8 Å². The first-order valence-corrected chi connectivity index (χ1v) is 10.7. The van der Waals surface area contributed by atoms with Crippen molar-refractivity contribution < 1.29 is 24.2 Å². The van der Waals surface area contributed by atoms with Gasteiger partial charge in [-0.1, -0.05) is 60.9 Å². The smallest absolute Gasteiger partial charge is 0.407 e. The summed E-state index contributed by atoms with van der Waals surface area (Å²) in [7, 11) is 0. The summed E-state index contributed by atoms with van der Waals surface area (Å²) in [5, 5.41) is 14.0. The van der Waals surface area contributed by atoms with Gasteiger partial charge in [0.05, 0.1) is 12.5 Å². The monoisotopic (exact) mass is 432 g/mol. The average molecular weight is 432 g/mol. The zero-order valence-corrected chi connectivity index (χ0v) is 17.5. The Morgan fingerprint density at radius 2 is 1.66 bits per heavy atom. The summed E-state index contributed by atoms with van der Waals surface area (Å²) in [6, 6.07) is 15.9. The number of carboxylic acid groups (broad SMARTS) is 1. The molecular formula is C25H24N2O5. The van der Waals surface area contributed by atoms with Crippen LogP contribution in [0.15, 0.2) is 48.5 Å². The molecule has 0 spiro atoms. The third-order valence-electron chi connectivity index (χ3n) is 6.05. The van der Waals surface area contributed by atoms with Crippen molar-refractivity contribution in [1.82, 2.24) is 10.6 Å². The fourth-order valence-electron chi connectivity index (χ4n) is 4.62. The maximum Gasteiger partial charge on any atom is 0.407 e. The first-order valence-electron chi connectivity index (χ1n) is 10.7. The molecular weight excluding hydrogens is 408 g/mol. The molecule has 2 aliphatic carbocycles. The third-order valence-corrected chi connectivity index (χ3v) is 6.05. The highest BCUT2D eigenvalue weighted by Gasteiger charge is 2.35. The van der Waals surface area contributed by atoms with E-state index in [4.69, 9.17) is 9.84 Å². The Kier molecular flexibility index (Phi) is 6.41. The van der Waals surface area contributed by atoms with Crippen molar-refractivity contribution in [3.8, 4) is 23.0 Å². The van der Waals surface area contributed by atoms with E-state index in [0.717, 1.165) is 28.7 Å². The van der Waals surface area contributed by atoms with Crippen LogP contribution in [0.2, 0.25) is 0 Å². The van der Waals surface area contributed by atoms with Crippen LogP contribution in [-0.2, 0) is 14.3 Å². The summed E-state index contributed by atoms with van der Waals surface area (Å²) in [5.41, 5.74) is 4.61. The van der Waals surface area contributed by atoms with Gasteiger partial charge in [-0.15, -0.1) is 0 Å². The van der Waals surface area contributed by atoms with Gasteiger partial charge < -0.3 is 20.5 Å². The van der Waals surface area contributed by atoms with Gasteiger partial charge in [-0.05, 0) is 35.1 Å². The normalized spacial score (nSPS) is 18.6. The molecule has 2 aliphatic rings. The molecule has 2 unspecified atom stereocenters. The van der Waals surface area contributed by atoms with Gasteiger partial charge in [-0.2, -0.15) is 0 Å². The Hall–Kier alpha value is -3.79. The number of alkyl carbamates (subject to hydrolysis) is 1. The highest BCUT2D eigenvalue weighted by Crippen LogP contribution is 2.44. The lowest BCUT2D eigenvalue weighted by Gasteiger charge is -2.21. The standard InChI is InChI=1S/C25H24N2O5/c28-23(29)13-6-14-26-24(30)20-11-5-12-22(20)27-25(31)32-15-21-18-9-3-1-7-16(18)17-8-2-4-10-19(17)21/h1-4,7-10,20-22H,5,11-12,14-15H2,(H,26,30)(H,27,31)(H,28,29). The van der Waals surface area contributed by atoms with Gasteiger partial charge in [0.1, 0.15) is 6.61 Å². The van der Waals surface area contributed by atoms with Crippen molar-refractivity contribution in [3.63, 3.8) is 0 Å². The van der Waals surface area contributed by atoms with E-state index in [2.05, 4.69) is 40.8 Å². The van der Waals surface area contributed by atoms with Crippen LogP contribution in [0.4, 0.5) is 4.79 Å². The minimum atomic E-state index is -1.24. The summed E-state index contributed by atoms with van der Waals surface area (Å²) in [6.07, 6.45) is 1.60. The Morgan fingerprint density at radius 1 is 1.00 bits per heavy atom. The molecule has 32 heavy (non-hydrogen) atoms. The van der Waals surface area contributed by atoms with Crippen LogP contribution in [-0.4, -0.2) is 42.3 Å². The maximum atomic E-state index is 12.5. The Morgan fingerprint density at radius 3 is 2.31 bits per heavy atom. The first kappa shape index (κ1) is 21.4. The summed E-state index contributed by atoms with van der Waals surface area (Å²) < 4.78 is 5.59. The van der Waals surface area contributed by atoms with Gasteiger partial charge in [-0.3, -0.25) is 4.79 Å². The van der Waals surface area contributed by atoms with Crippen LogP contribution < -0.4 is 10.6 Å². The molecule has 7 heteroatoms. The van der Waals surface area contributed by atoms with Crippen LogP contribution in [0.3, 0.4) is 0 Å². The van der Waals surface area contributed by atoms with E-state index in [1.807, 2.05) is 30.2 Å². The number of carbonyl (C=O) groups is 3. The SMILES string of the molecule is O=C(O)C#CCNC(=O)C1CCCC1NC(=O)OCC1c2ccccc2-c2ccccc21. The summed E-state index contributed by atoms with van der Waals surface area (Å²) in [4.78, 5) is 35.4. The molecule has 7 nitrogen and oxygen atoms in total. The molecule has 2 aromatic carbocycles. The summed E-state index contributed by atoms with van der Waals surface area (Å²) in [6.45, 7) is 0.174. The van der Waals surface area contributed by atoms with Crippen molar-refractivity contribution in [1.29, 1.82) is 0 Å². The lowest BCUT2D eigenvalue weighted by molar-refractivity contribution is -0.130. The number of ether oxygens (including phenoxy) is 1. The number of benzene rings is 2. The minimum Gasteiger partial charge on any atom is -0.472 e. The van der Waals surface area contributed by atoms with E-state index in [1.165, 1.54) is 0 Å². The van der Waals surface area contributed by atoms with Crippen LogP contribution in [0, 0.1) is 17.8 Å². The van der Waals surface area contributed by atoms with Gasteiger partial charge in [0.15, 0.2) is 0 Å². The predicted octanol–water partition coefficient (Wildman–Crippen LogP) is 2.90. The van der Waals surface area contributed by atoms with E-state index < -0.39 is 12.1 Å². The van der Waals surface area contributed by atoms with Gasteiger partial charge in [0.25, 0.3) is 0 Å². The summed E-state index contributed by atoms with van der Waals surface area (Å²) in [5.74, 6) is 2.43. The first-order chi connectivity index (χ1) is 15.5. The Labute approximate surface area is 186 Å². The number of carbonyl (C=O) groups excluding carboxylic acids is 2. The molecule has 1 fully saturated rings. The second-order valence-electron chi connectivity index (χ2n) is 7.94. The molecule has 2 aromatic rings. The molecule has 2 atom stereocenters. The van der Waals surface area contributed by atoms with Crippen LogP contribution in [0.25, 0.3) is 11.1 Å². The molecule has 0 aromatic heterocycles. The lowest BCUT2D eigenvalue weighted by Crippen LogP contribution is -2.44. The quantitative estimate of drug-likeness (QED) is 0.630. The maximum absolute atomic E-state index is 12.5. The van der Waals surface area contributed by atoms with Crippen LogP contribution >= 0.6 is 0 Å². The van der Waals surface area contributed by atoms with Gasteiger partial charge in [-0.25, -0.2) is 9.59 Å². The van der Waals surface area contributed by atoms with Gasteiger partial charge in [0.2, 0.25) is 5.91 Å². The number of amides is 2. The Balaban J connectivity index is 1.34. The molecule has 2 amide bonds. The molecule has 0 radical (unpaired) electrons. The second-order valence-corrected chi connectivity index (χ2v) is 7.94. The topological polar surface area (TPSA) is 105 Å². The van der Waals surface area contributed by atoms with E-state index in [9.17, 15) is 14.4 Å². The minimum absolute atomic E-state index is 0.0244. The highest BCUT2D eigenvalue weighted by molar-refractivity contribution is 5.87. The van der Waals surface area contributed by atoms with E-state index in [1.54, 1.807) is 0 Å². The number of rotatable bonds is 5. The number of carboxylic acids is 1. The molecule has 0 saturated heterocycles. The number of fused-ring (bicyclic) bond motifs is 3. The number of nitrogens with one attached hydrogen (secondary N) is 2. The fourth-order valence-corrected chi connectivity index (χ4v) is 4.62. The fraction of sp³-hybridized carbons (Fsp3) is 0.320. The molecule has 0 heterocycles. The van der Waals surface area contributed by atoms with Crippen LogP contribution in [0.5, 0.6) is 0 Å². The molecule has 0 bridgehead atoms. The zero-order valence-electron chi connectivity index (χ0n) is 17.5. The van der Waals surface area contributed by atoms with Crippen LogP contribution in [0.1, 0.15) is 36.3 Å². The largest absolute Gasteiger partial charge is 0.472 e. The third kappa shape index (κ3) is 4.59. The zero-order chi connectivity index (χ0) is 22.5. The van der Waals surface area contributed by atoms with E-state index >= 15 is 0 Å². The predicted molar refractivity (Wildman–Crippen MR) is 118 cm³/mol. The van der Waals surface area contributed by atoms with Gasteiger partial charge >= 0.3 is 12.1 Å². The molecule has 4 rings (SSSR count). The molecule has 0 aliphatic heterocycles. The van der Waals surface area contributed by atoms with Crippen molar-refractivity contribution in [2.75, 3.05) is 13.2 Å². The second kappa shape index (κ2) is 9.56. The van der Waals surface area contributed by atoms with Crippen molar-refractivity contribution in [2.45, 2.75) is 31.2 Å². The molecule has 3 N–H and O–H groups in total. The molecule has 1 saturated carbocycles. The number of aliphatic carboxylic acids is 1. The van der Waals surface area contributed by atoms with Crippen molar-refractivity contribution in [2.24, 2.45) is 5.92 Å². The Bertz CT molecular complexity index is 1060. The van der Waals surface area contributed by atoms with Gasteiger partial charge in [0, 0.05) is 17.9 Å². The lowest BCUT2D eigenvalue weighted by atomic mass is 9.98. The molecule has 164 valence electrons. The average Bonchev–Trinajstić information content (AvgIpc) is 3.37. The number of hydrogen-bond acceptors (Lipinski definition) is 4. The van der Waals surface area contributed by atoms with Crippen molar-refractivity contribution in [3.05, 3.63) is 59.7 Å². The van der Waals surface area contributed by atoms with Crippen molar-refractivity contribution >= 4 is 18.0 Å². The number of hydrogen-bond donors (Lipinski definition) is 3. The summed E-state index contributed by atoms with van der Waals surface area (Å²) >= 11 is 0. The highest BCUT2D eigenvalue weighted by atomic mass is 16.5.